The van der Waals surface area contributed by atoms with Gasteiger partial charge in [-0.25, -0.2) is 9.37 Å². The van der Waals surface area contributed by atoms with E-state index in [1.54, 1.807) is 17.4 Å². The molecule has 100 valence electrons. The van der Waals surface area contributed by atoms with Crippen molar-refractivity contribution in [2.45, 2.75) is 26.9 Å². The van der Waals surface area contributed by atoms with Crippen LogP contribution in [-0.2, 0) is 13.0 Å². The van der Waals surface area contributed by atoms with Crippen molar-refractivity contribution in [1.29, 1.82) is 0 Å². The van der Waals surface area contributed by atoms with Gasteiger partial charge in [-0.1, -0.05) is 6.92 Å². The minimum Gasteiger partial charge on any atom is -0.487 e. The van der Waals surface area contributed by atoms with Gasteiger partial charge in [0.2, 0.25) is 0 Å². The van der Waals surface area contributed by atoms with Crippen LogP contribution in [0.15, 0.2) is 23.6 Å². The maximum absolute atomic E-state index is 13.6. The van der Waals surface area contributed by atoms with E-state index in [2.05, 4.69) is 4.98 Å². The molecule has 1 aromatic carbocycles. The molecule has 0 aliphatic heterocycles. The first-order chi connectivity index (χ1) is 9.10. The fourth-order valence-corrected chi connectivity index (χ4v) is 2.34. The lowest BCUT2D eigenvalue weighted by atomic mass is 10.1. The molecule has 19 heavy (non-hydrogen) atoms. The lowest BCUT2D eigenvalue weighted by Crippen LogP contribution is -2.00. The highest BCUT2D eigenvalue weighted by Crippen LogP contribution is 2.19. The Morgan fingerprint density at radius 1 is 1.47 bits per heavy atom. The molecule has 0 aliphatic rings. The van der Waals surface area contributed by atoms with Crippen molar-refractivity contribution in [3.63, 3.8) is 0 Å². The number of aryl methyl sites for hydroxylation is 1. The van der Waals surface area contributed by atoms with Gasteiger partial charge in [-0.05, 0) is 25.5 Å². The number of ketones is 1. The van der Waals surface area contributed by atoms with Crippen molar-refractivity contribution in [2.75, 3.05) is 0 Å². The highest BCUT2D eigenvalue weighted by atomic mass is 32.1. The number of carbonyl (C=O) groups is 1. The van der Waals surface area contributed by atoms with Crippen molar-refractivity contribution < 1.29 is 13.9 Å². The summed E-state index contributed by atoms with van der Waals surface area (Å²) in [6.45, 7) is 3.68. The Hall–Kier alpha value is -1.75. The van der Waals surface area contributed by atoms with Gasteiger partial charge in [-0.3, -0.25) is 4.79 Å². The van der Waals surface area contributed by atoms with Gasteiger partial charge in [0.15, 0.2) is 5.78 Å². The molecule has 5 heteroatoms. The normalized spacial score (nSPS) is 10.5. The zero-order chi connectivity index (χ0) is 13.8. The monoisotopic (exact) mass is 279 g/mol. The number of Topliss-reactive ketones (excluding diaryl/α,β-unsaturated/α-hetero) is 1. The Morgan fingerprint density at radius 2 is 2.26 bits per heavy atom. The third kappa shape index (κ3) is 3.38. The molecule has 0 amide bonds. The molecule has 0 aliphatic carbocycles. The van der Waals surface area contributed by atoms with E-state index in [9.17, 15) is 9.18 Å². The highest BCUT2D eigenvalue weighted by Gasteiger charge is 2.09. The fourth-order valence-electron chi connectivity index (χ4n) is 1.61. The van der Waals surface area contributed by atoms with E-state index in [1.807, 2.05) is 12.3 Å². The van der Waals surface area contributed by atoms with Crippen molar-refractivity contribution >= 4 is 17.1 Å². The van der Waals surface area contributed by atoms with Crippen LogP contribution in [0, 0.1) is 5.82 Å². The van der Waals surface area contributed by atoms with Crippen LogP contribution >= 0.6 is 11.3 Å². The van der Waals surface area contributed by atoms with Gasteiger partial charge in [0, 0.05) is 11.4 Å². The zero-order valence-corrected chi connectivity index (χ0v) is 11.6. The number of carbonyl (C=O) groups excluding carboxylic acids is 1. The average Bonchev–Trinajstić information content (AvgIpc) is 2.84. The molecule has 3 nitrogen and oxygen atoms in total. The zero-order valence-electron chi connectivity index (χ0n) is 10.8. The Morgan fingerprint density at radius 3 is 2.84 bits per heavy atom. The molecule has 0 saturated carbocycles. The molecule has 0 fully saturated rings. The number of thiazole rings is 1. The summed E-state index contributed by atoms with van der Waals surface area (Å²) in [6, 6.07) is 4.25. The minimum atomic E-state index is -0.558. The summed E-state index contributed by atoms with van der Waals surface area (Å²) in [5.74, 6) is -0.456. The predicted molar refractivity (Wildman–Crippen MR) is 72.2 cm³/mol. The van der Waals surface area contributed by atoms with E-state index in [4.69, 9.17) is 4.74 Å². The van der Waals surface area contributed by atoms with Crippen molar-refractivity contribution in [2.24, 2.45) is 0 Å². The van der Waals surface area contributed by atoms with E-state index >= 15 is 0 Å². The van der Waals surface area contributed by atoms with E-state index in [1.165, 1.54) is 19.1 Å². The van der Waals surface area contributed by atoms with Crippen LogP contribution in [0.25, 0.3) is 0 Å². The van der Waals surface area contributed by atoms with Gasteiger partial charge in [0.05, 0.1) is 16.3 Å². The number of hydrogen-bond donors (Lipinski definition) is 0. The van der Waals surface area contributed by atoms with Gasteiger partial charge in [0.1, 0.15) is 18.2 Å². The van der Waals surface area contributed by atoms with Crippen LogP contribution in [0.3, 0.4) is 0 Å². The van der Waals surface area contributed by atoms with Gasteiger partial charge < -0.3 is 4.74 Å². The van der Waals surface area contributed by atoms with Crippen LogP contribution in [0.2, 0.25) is 0 Å². The molecular formula is C14H14FNO2S. The second kappa shape index (κ2) is 5.93. The Balaban J connectivity index is 2.03. The summed E-state index contributed by atoms with van der Waals surface area (Å²) in [5, 5.41) is 2.98. The fraction of sp³-hybridized carbons (Fsp3) is 0.286. The molecule has 0 unspecified atom stereocenters. The van der Waals surface area contributed by atoms with E-state index < -0.39 is 5.82 Å². The van der Waals surface area contributed by atoms with Crippen LogP contribution in [0.1, 0.15) is 34.9 Å². The van der Waals surface area contributed by atoms with E-state index in [0.717, 1.165) is 17.1 Å². The Bertz CT molecular complexity index is 595. The summed E-state index contributed by atoms with van der Waals surface area (Å²) in [6.07, 6.45) is 0.895. The summed E-state index contributed by atoms with van der Waals surface area (Å²) in [5.41, 5.74) is 0.909. The summed E-state index contributed by atoms with van der Waals surface area (Å²) >= 11 is 1.58. The molecule has 0 radical (unpaired) electrons. The van der Waals surface area contributed by atoms with E-state index in [0.29, 0.717) is 12.4 Å². The average molecular weight is 279 g/mol. The molecule has 1 aromatic heterocycles. The third-order valence-corrected chi connectivity index (χ3v) is 3.65. The number of benzene rings is 1. The number of aromatic nitrogens is 1. The second-order valence-corrected chi connectivity index (χ2v) is 5.02. The lowest BCUT2D eigenvalue weighted by molar-refractivity contribution is 0.101. The molecule has 2 aromatic rings. The van der Waals surface area contributed by atoms with Crippen LogP contribution < -0.4 is 4.74 Å². The maximum atomic E-state index is 13.6. The first-order valence-electron chi connectivity index (χ1n) is 5.96. The summed E-state index contributed by atoms with van der Waals surface area (Å²) < 4.78 is 19.0. The molecule has 1 heterocycles. The van der Waals surface area contributed by atoms with Crippen LogP contribution in [-0.4, -0.2) is 10.8 Å². The topological polar surface area (TPSA) is 39.2 Å². The van der Waals surface area contributed by atoms with Crippen LogP contribution in [0.5, 0.6) is 5.75 Å². The summed E-state index contributed by atoms with van der Waals surface area (Å²) in [7, 11) is 0. The summed E-state index contributed by atoms with van der Waals surface area (Å²) in [4.78, 5) is 15.5. The first kappa shape index (κ1) is 13.7. The largest absolute Gasteiger partial charge is 0.487 e. The number of ether oxygens (including phenoxy) is 1. The van der Waals surface area contributed by atoms with Gasteiger partial charge in [0.25, 0.3) is 0 Å². The molecule has 0 N–H and O–H groups in total. The molecule has 0 spiro atoms. The van der Waals surface area contributed by atoms with Gasteiger partial charge >= 0.3 is 0 Å². The SMILES string of the molecule is CCc1nc(COc2ccc(C(C)=O)c(F)c2)cs1. The highest BCUT2D eigenvalue weighted by molar-refractivity contribution is 7.09. The number of rotatable bonds is 5. The maximum Gasteiger partial charge on any atom is 0.162 e. The molecule has 0 atom stereocenters. The number of nitrogens with zero attached hydrogens (tertiary/aromatic N) is 1. The van der Waals surface area contributed by atoms with Crippen molar-refractivity contribution in [1.82, 2.24) is 4.98 Å². The Labute approximate surface area is 115 Å². The van der Waals surface area contributed by atoms with Gasteiger partial charge in [-0.2, -0.15) is 0 Å². The first-order valence-corrected chi connectivity index (χ1v) is 6.84. The quantitative estimate of drug-likeness (QED) is 0.785. The van der Waals surface area contributed by atoms with Crippen molar-refractivity contribution in [3.8, 4) is 5.75 Å². The minimum absolute atomic E-state index is 0.0780. The predicted octanol–water partition coefficient (Wildman–Crippen LogP) is 3.63. The lowest BCUT2D eigenvalue weighted by Gasteiger charge is -2.05. The van der Waals surface area contributed by atoms with Crippen LogP contribution in [0.4, 0.5) is 4.39 Å². The molecular weight excluding hydrogens is 265 g/mol. The second-order valence-electron chi connectivity index (χ2n) is 4.07. The third-order valence-electron chi connectivity index (χ3n) is 2.61. The number of halogens is 1. The molecule has 0 bridgehead atoms. The molecule has 2 rings (SSSR count). The Kier molecular flexibility index (Phi) is 4.27. The standard InChI is InChI=1S/C14H14FNO2S/c1-3-14-16-10(8-19-14)7-18-11-4-5-12(9(2)17)13(15)6-11/h4-6,8H,3,7H2,1-2H3. The van der Waals surface area contributed by atoms with Crippen molar-refractivity contribution in [3.05, 3.63) is 45.7 Å². The van der Waals surface area contributed by atoms with E-state index in [-0.39, 0.29) is 11.3 Å². The van der Waals surface area contributed by atoms with Gasteiger partial charge in [-0.15, -0.1) is 11.3 Å². The molecule has 0 saturated heterocycles. The number of hydrogen-bond acceptors (Lipinski definition) is 4. The smallest absolute Gasteiger partial charge is 0.162 e.